The number of hydrogen-bond acceptors (Lipinski definition) is 4. The number of aliphatic imine (C=N–C) groups is 1. The lowest BCUT2D eigenvalue weighted by molar-refractivity contribution is -0.385. The van der Waals surface area contributed by atoms with Crippen LogP contribution < -0.4 is 15.8 Å². The van der Waals surface area contributed by atoms with Crippen LogP contribution in [-0.4, -0.2) is 28.8 Å². The molecule has 0 aliphatic heterocycles. The monoisotopic (exact) mass is 387 g/mol. The van der Waals surface area contributed by atoms with E-state index in [-0.39, 0.29) is 28.8 Å². The summed E-state index contributed by atoms with van der Waals surface area (Å²) in [5.74, 6) is -0.242. The fourth-order valence-corrected chi connectivity index (χ4v) is 2.65. The zero-order valence-corrected chi connectivity index (χ0v) is 14.8. The van der Waals surface area contributed by atoms with Gasteiger partial charge in [0.1, 0.15) is 11.4 Å². The molecule has 1 aromatic heterocycles. The number of amides is 1. The molecule has 138 valence electrons. The van der Waals surface area contributed by atoms with Crippen molar-refractivity contribution in [1.29, 1.82) is 0 Å². The molecule has 2 aromatic carbocycles. The first-order chi connectivity index (χ1) is 12.9. The number of nitrogens with two attached hydrogens (primary N) is 1. The van der Waals surface area contributed by atoms with Gasteiger partial charge in [0.2, 0.25) is 5.75 Å². The molecule has 3 rings (SSSR count). The summed E-state index contributed by atoms with van der Waals surface area (Å²) < 4.78 is 5.62. The highest BCUT2D eigenvalue weighted by Crippen LogP contribution is 2.35. The lowest BCUT2D eigenvalue weighted by Crippen LogP contribution is -2.28. The second-order valence-electron chi connectivity index (χ2n) is 5.43. The number of hydrogen-bond donors (Lipinski definition) is 3. The summed E-state index contributed by atoms with van der Waals surface area (Å²) in [4.78, 5) is 29.2. The Hall–Kier alpha value is -3.59. The van der Waals surface area contributed by atoms with E-state index in [1.165, 1.54) is 18.2 Å². The van der Waals surface area contributed by atoms with Gasteiger partial charge in [0, 0.05) is 30.6 Å². The average Bonchev–Trinajstić information content (AvgIpc) is 3.06. The smallest absolute Gasteiger partial charge is 0.311 e. The minimum absolute atomic E-state index is 0.0230. The van der Waals surface area contributed by atoms with Gasteiger partial charge in [-0.1, -0.05) is 23.7 Å². The minimum atomic E-state index is -0.574. The molecule has 0 radical (unpaired) electrons. The zero-order valence-electron chi connectivity index (χ0n) is 14.0. The van der Waals surface area contributed by atoms with E-state index >= 15 is 0 Å². The van der Waals surface area contributed by atoms with E-state index in [1.807, 2.05) is 0 Å². The maximum atomic E-state index is 12.1. The van der Waals surface area contributed by atoms with Crippen molar-refractivity contribution in [1.82, 2.24) is 10.3 Å². The van der Waals surface area contributed by atoms with E-state index in [4.69, 9.17) is 22.1 Å². The summed E-state index contributed by atoms with van der Waals surface area (Å²) in [6.45, 7) is 0. The number of rotatable bonds is 4. The molecule has 0 atom stereocenters. The molecule has 0 spiro atoms. The zero-order chi connectivity index (χ0) is 19.6. The third kappa shape index (κ3) is 3.82. The Morgan fingerprint density at radius 2 is 2.07 bits per heavy atom. The van der Waals surface area contributed by atoms with Crippen molar-refractivity contribution in [2.75, 3.05) is 7.05 Å². The number of nitrogens with one attached hydrogen (secondary N) is 2. The number of carbonyl (C=O) groups is 1. The van der Waals surface area contributed by atoms with Crippen LogP contribution in [0.15, 0.2) is 47.5 Å². The first-order valence-electron chi connectivity index (χ1n) is 7.69. The molecule has 0 saturated carbocycles. The highest BCUT2D eigenvalue weighted by atomic mass is 35.5. The number of benzene rings is 2. The molecule has 4 N–H and O–H groups in total. The first kappa shape index (κ1) is 18.2. The van der Waals surface area contributed by atoms with Gasteiger partial charge >= 0.3 is 5.69 Å². The maximum Gasteiger partial charge on any atom is 0.311 e. The van der Waals surface area contributed by atoms with Crippen molar-refractivity contribution in [3.8, 4) is 11.5 Å². The summed E-state index contributed by atoms with van der Waals surface area (Å²) in [6.07, 6.45) is 0. The number of guanidine groups is 1. The van der Waals surface area contributed by atoms with E-state index in [0.29, 0.717) is 15.9 Å². The number of halogens is 1. The van der Waals surface area contributed by atoms with Gasteiger partial charge in [-0.25, -0.2) is 0 Å². The Balaban J connectivity index is 1.98. The second-order valence-corrected chi connectivity index (χ2v) is 5.84. The number of nitro benzene ring substituents is 1. The van der Waals surface area contributed by atoms with Crippen molar-refractivity contribution in [2.45, 2.75) is 0 Å². The second kappa shape index (κ2) is 7.34. The number of para-hydroxylation sites is 2. The van der Waals surface area contributed by atoms with E-state index in [0.717, 1.165) is 0 Å². The summed E-state index contributed by atoms with van der Waals surface area (Å²) in [5.41, 5.74) is 6.01. The molecule has 0 saturated heterocycles. The molecule has 1 heterocycles. The van der Waals surface area contributed by atoms with E-state index in [9.17, 15) is 14.9 Å². The quantitative estimate of drug-likeness (QED) is 0.272. The maximum absolute atomic E-state index is 12.1. The molecule has 1 amide bonds. The number of ether oxygens (including phenoxy) is 1. The van der Waals surface area contributed by atoms with Crippen LogP contribution in [0.5, 0.6) is 11.5 Å². The van der Waals surface area contributed by atoms with Crippen LogP contribution in [0.3, 0.4) is 0 Å². The van der Waals surface area contributed by atoms with Crippen LogP contribution in [0, 0.1) is 10.1 Å². The van der Waals surface area contributed by atoms with E-state index in [1.54, 1.807) is 31.3 Å². The van der Waals surface area contributed by atoms with Gasteiger partial charge in [-0.2, -0.15) is 4.99 Å². The third-order valence-electron chi connectivity index (χ3n) is 3.66. The van der Waals surface area contributed by atoms with Crippen LogP contribution >= 0.6 is 11.6 Å². The van der Waals surface area contributed by atoms with Crippen molar-refractivity contribution in [3.63, 3.8) is 0 Å². The SMILES string of the molecule is CNC(N)=NC(=O)c1cc2c(Cl)cc(Oc3ccccc3[N+](=O)[O-])cc2[nH]1. The lowest BCUT2D eigenvalue weighted by Gasteiger charge is -2.07. The summed E-state index contributed by atoms with van der Waals surface area (Å²) in [7, 11) is 1.54. The number of nitrogens with zero attached hydrogens (tertiary/aromatic N) is 2. The van der Waals surface area contributed by atoms with Gasteiger partial charge in [-0.05, 0) is 12.1 Å². The molecule has 3 aromatic rings. The summed E-state index contributed by atoms with van der Waals surface area (Å²) >= 11 is 6.26. The lowest BCUT2D eigenvalue weighted by atomic mass is 10.2. The van der Waals surface area contributed by atoms with Crippen LogP contribution in [0.2, 0.25) is 5.02 Å². The van der Waals surface area contributed by atoms with Crippen molar-refractivity contribution in [2.24, 2.45) is 10.7 Å². The Labute approximate surface area is 157 Å². The average molecular weight is 388 g/mol. The number of aromatic amines is 1. The molecule has 0 aliphatic rings. The number of H-pyrrole nitrogens is 1. The molecule has 0 bridgehead atoms. The Morgan fingerprint density at radius 1 is 1.33 bits per heavy atom. The van der Waals surface area contributed by atoms with Gasteiger partial charge in [0.15, 0.2) is 5.96 Å². The van der Waals surface area contributed by atoms with Gasteiger partial charge in [-0.3, -0.25) is 14.9 Å². The van der Waals surface area contributed by atoms with E-state index < -0.39 is 10.8 Å². The molecule has 0 aliphatic carbocycles. The van der Waals surface area contributed by atoms with Crippen molar-refractivity contribution < 1.29 is 14.5 Å². The molecule has 9 nitrogen and oxygen atoms in total. The standard InChI is InChI=1S/C17H14ClN5O4/c1-20-17(19)22-16(24)13-8-10-11(18)6-9(7-12(10)21-13)27-15-5-3-2-4-14(15)23(25)26/h2-8,21H,1H3,(H3,19,20,22,24). The first-order valence-corrected chi connectivity index (χ1v) is 8.06. The Morgan fingerprint density at radius 3 is 2.78 bits per heavy atom. The van der Waals surface area contributed by atoms with Gasteiger partial charge < -0.3 is 20.8 Å². The van der Waals surface area contributed by atoms with Crippen LogP contribution in [0.1, 0.15) is 10.5 Å². The van der Waals surface area contributed by atoms with Gasteiger partial charge in [0.05, 0.1) is 15.5 Å². The number of aromatic nitrogens is 1. The van der Waals surface area contributed by atoms with Gasteiger partial charge in [-0.15, -0.1) is 0 Å². The molecular formula is C17H14ClN5O4. The predicted octanol–water partition coefficient (Wildman–Crippen LogP) is 3.20. The molecule has 10 heteroatoms. The largest absolute Gasteiger partial charge is 0.450 e. The van der Waals surface area contributed by atoms with Crippen LogP contribution in [0.25, 0.3) is 10.9 Å². The summed E-state index contributed by atoms with van der Waals surface area (Å²) in [6, 6.07) is 10.6. The number of fused-ring (bicyclic) bond motifs is 1. The molecule has 0 unspecified atom stereocenters. The van der Waals surface area contributed by atoms with Crippen LogP contribution in [0.4, 0.5) is 5.69 Å². The van der Waals surface area contributed by atoms with Gasteiger partial charge in [0.25, 0.3) is 5.91 Å². The Bertz CT molecular complexity index is 1080. The highest BCUT2D eigenvalue weighted by molar-refractivity contribution is 6.35. The predicted molar refractivity (Wildman–Crippen MR) is 101 cm³/mol. The van der Waals surface area contributed by atoms with E-state index in [2.05, 4.69) is 15.3 Å². The molecule has 0 fully saturated rings. The fraction of sp³-hybridized carbons (Fsp3) is 0.0588. The molecular weight excluding hydrogens is 374 g/mol. The van der Waals surface area contributed by atoms with Crippen molar-refractivity contribution >= 4 is 40.1 Å². The van der Waals surface area contributed by atoms with Crippen LogP contribution in [-0.2, 0) is 0 Å². The Kier molecular flexibility index (Phi) is 4.95. The normalized spacial score (nSPS) is 11.4. The minimum Gasteiger partial charge on any atom is -0.450 e. The number of carbonyl (C=O) groups excluding carboxylic acids is 1. The third-order valence-corrected chi connectivity index (χ3v) is 3.97. The topological polar surface area (TPSA) is 136 Å². The van der Waals surface area contributed by atoms with Crippen molar-refractivity contribution in [3.05, 3.63) is 63.3 Å². The number of nitro groups is 1. The molecule has 27 heavy (non-hydrogen) atoms. The summed E-state index contributed by atoms with van der Waals surface area (Å²) in [5, 5.41) is 14.5. The fourth-order valence-electron chi connectivity index (χ4n) is 2.39. The highest BCUT2D eigenvalue weighted by Gasteiger charge is 2.17.